The van der Waals surface area contributed by atoms with Crippen molar-refractivity contribution in [3.63, 3.8) is 0 Å². The summed E-state index contributed by atoms with van der Waals surface area (Å²) < 4.78 is 36.8. The maximum absolute atomic E-state index is 12.4. The van der Waals surface area contributed by atoms with E-state index in [1.54, 1.807) is 42.5 Å². The summed E-state index contributed by atoms with van der Waals surface area (Å²) in [6.07, 6.45) is 3.78. The van der Waals surface area contributed by atoms with Gasteiger partial charge in [0.25, 0.3) is 0 Å². The van der Waals surface area contributed by atoms with Crippen LogP contribution in [0.3, 0.4) is 0 Å². The Morgan fingerprint density at radius 1 is 1.04 bits per heavy atom. The van der Waals surface area contributed by atoms with Gasteiger partial charge in [-0.25, -0.2) is 0 Å². The molecule has 0 aliphatic carbocycles. The van der Waals surface area contributed by atoms with E-state index in [-0.39, 0.29) is 10.6 Å². The Labute approximate surface area is 169 Å². The van der Waals surface area contributed by atoms with Gasteiger partial charge in [-0.3, -0.25) is 4.90 Å². The maximum Gasteiger partial charge on any atom is 0.339 e. The lowest BCUT2D eigenvalue weighted by Crippen LogP contribution is -2.33. The van der Waals surface area contributed by atoms with E-state index < -0.39 is 10.1 Å². The van der Waals surface area contributed by atoms with Crippen molar-refractivity contribution in [3.8, 4) is 11.5 Å². The molecule has 0 unspecified atom stereocenters. The molecule has 7 heteroatoms. The van der Waals surface area contributed by atoms with Crippen molar-refractivity contribution < 1.29 is 17.3 Å². The second-order valence-electron chi connectivity index (χ2n) is 6.69. The first kappa shape index (κ1) is 20.2. The van der Waals surface area contributed by atoms with E-state index in [9.17, 15) is 8.42 Å². The zero-order chi connectivity index (χ0) is 19.3. The van der Waals surface area contributed by atoms with E-state index in [4.69, 9.17) is 8.92 Å². The second-order valence-corrected chi connectivity index (χ2v) is 9.09. The van der Waals surface area contributed by atoms with Gasteiger partial charge in [-0.2, -0.15) is 8.42 Å². The summed E-state index contributed by atoms with van der Waals surface area (Å²) in [6.45, 7) is 5.54. The number of ether oxygens (including phenoxy) is 1. The molecule has 0 saturated carbocycles. The molecule has 1 aliphatic heterocycles. The third kappa shape index (κ3) is 5.70. The molecule has 0 spiro atoms. The van der Waals surface area contributed by atoms with Gasteiger partial charge in [0.05, 0.1) is 4.47 Å². The summed E-state index contributed by atoms with van der Waals surface area (Å²) in [5, 5.41) is 0. The Balaban J connectivity index is 1.64. The standard InChI is InChI=1S/C20H24BrNO4S/c1-16-5-8-18(9-6-16)27(23,24)26-17-7-10-19(21)20(15-17)25-14-13-22-11-3-2-4-12-22/h5-10,15H,2-4,11-14H2,1H3. The number of likely N-dealkylation sites (tertiary alicyclic amines) is 1. The topological polar surface area (TPSA) is 55.8 Å². The lowest BCUT2D eigenvalue weighted by Gasteiger charge is -2.26. The van der Waals surface area contributed by atoms with Gasteiger partial charge < -0.3 is 8.92 Å². The molecule has 1 fully saturated rings. The number of aryl methyl sites for hydroxylation is 1. The van der Waals surface area contributed by atoms with Crippen LogP contribution in [-0.4, -0.2) is 39.6 Å². The van der Waals surface area contributed by atoms with E-state index in [0.717, 1.165) is 29.7 Å². The normalized spacial score (nSPS) is 15.5. The highest BCUT2D eigenvalue weighted by molar-refractivity contribution is 9.10. The number of hydrogen-bond donors (Lipinski definition) is 0. The van der Waals surface area contributed by atoms with E-state index in [2.05, 4.69) is 20.8 Å². The van der Waals surface area contributed by atoms with Crippen LogP contribution in [-0.2, 0) is 10.1 Å². The summed E-state index contributed by atoms with van der Waals surface area (Å²) in [7, 11) is -3.88. The average Bonchev–Trinajstić information content (AvgIpc) is 2.65. The predicted molar refractivity (Wildman–Crippen MR) is 109 cm³/mol. The Kier molecular flexibility index (Phi) is 6.78. The molecule has 0 N–H and O–H groups in total. The van der Waals surface area contributed by atoms with Crippen molar-refractivity contribution in [2.75, 3.05) is 26.2 Å². The van der Waals surface area contributed by atoms with Crippen LogP contribution in [0.25, 0.3) is 0 Å². The molecular formula is C20H24BrNO4S. The van der Waals surface area contributed by atoms with Gasteiger partial charge in [-0.1, -0.05) is 24.1 Å². The van der Waals surface area contributed by atoms with E-state index in [1.165, 1.54) is 19.3 Å². The number of halogens is 1. The van der Waals surface area contributed by atoms with Crippen molar-refractivity contribution in [2.45, 2.75) is 31.1 Å². The molecule has 1 aliphatic rings. The molecule has 1 saturated heterocycles. The molecule has 1 heterocycles. The molecular weight excluding hydrogens is 430 g/mol. The fourth-order valence-electron chi connectivity index (χ4n) is 2.99. The van der Waals surface area contributed by atoms with Crippen LogP contribution in [0.4, 0.5) is 0 Å². The van der Waals surface area contributed by atoms with Gasteiger partial charge in [-0.05, 0) is 73.1 Å². The van der Waals surface area contributed by atoms with Crippen LogP contribution >= 0.6 is 15.9 Å². The molecule has 0 amide bonds. The Hall–Kier alpha value is -1.57. The largest absolute Gasteiger partial charge is 0.491 e. The first-order valence-electron chi connectivity index (χ1n) is 9.10. The average molecular weight is 454 g/mol. The van der Waals surface area contributed by atoms with Gasteiger partial charge in [0.2, 0.25) is 0 Å². The number of nitrogens with zero attached hydrogens (tertiary/aromatic N) is 1. The zero-order valence-electron chi connectivity index (χ0n) is 15.4. The first-order chi connectivity index (χ1) is 12.9. The summed E-state index contributed by atoms with van der Waals surface area (Å²) in [5.41, 5.74) is 0.988. The number of piperidine rings is 1. The zero-order valence-corrected chi connectivity index (χ0v) is 17.8. The lowest BCUT2D eigenvalue weighted by atomic mass is 10.1. The fraction of sp³-hybridized carbons (Fsp3) is 0.400. The molecule has 0 atom stereocenters. The monoisotopic (exact) mass is 453 g/mol. The Bertz CT molecular complexity index is 862. The molecule has 0 bridgehead atoms. The Morgan fingerprint density at radius 2 is 1.74 bits per heavy atom. The van der Waals surface area contributed by atoms with E-state index in [0.29, 0.717) is 12.4 Å². The second kappa shape index (κ2) is 9.08. The number of hydrogen-bond acceptors (Lipinski definition) is 5. The molecule has 27 heavy (non-hydrogen) atoms. The van der Waals surface area contributed by atoms with Crippen molar-refractivity contribution in [3.05, 3.63) is 52.5 Å². The SMILES string of the molecule is Cc1ccc(S(=O)(=O)Oc2ccc(Br)c(OCCN3CCCCC3)c2)cc1. The Morgan fingerprint density at radius 3 is 2.44 bits per heavy atom. The number of benzene rings is 2. The smallest absolute Gasteiger partial charge is 0.339 e. The van der Waals surface area contributed by atoms with E-state index in [1.807, 2.05) is 6.92 Å². The van der Waals surface area contributed by atoms with Gasteiger partial charge >= 0.3 is 10.1 Å². The van der Waals surface area contributed by atoms with Crippen LogP contribution in [0.2, 0.25) is 0 Å². The van der Waals surface area contributed by atoms with Gasteiger partial charge in [0, 0.05) is 12.6 Å². The molecule has 3 rings (SSSR count). The van der Waals surface area contributed by atoms with Crippen molar-refractivity contribution >= 4 is 26.0 Å². The van der Waals surface area contributed by atoms with Crippen LogP contribution in [0.1, 0.15) is 24.8 Å². The maximum atomic E-state index is 12.4. The highest BCUT2D eigenvalue weighted by Gasteiger charge is 2.17. The minimum absolute atomic E-state index is 0.128. The molecule has 5 nitrogen and oxygen atoms in total. The van der Waals surface area contributed by atoms with E-state index >= 15 is 0 Å². The first-order valence-corrected chi connectivity index (χ1v) is 11.3. The molecule has 0 aromatic heterocycles. The van der Waals surface area contributed by atoms with Crippen LogP contribution in [0, 0.1) is 6.92 Å². The molecule has 0 radical (unpaired) electrons. The predicted octanol–water partition coefficient (Wildman–Crippen LogP) is 4.39. The third-order valence-electron chi connectivity index (χ3n) is 4.53. The van der Waals surface area contributed by atoms with Crippen LogP contribution in [0.15, 0.2) is 51.8 Å². The number of rotatable bonds is 7. The quantitative estimate of drug-likeness (QED) is 0.581. The summed E-state index contributed by atoms with van der Waals surface area (Å²) >= 11 is 3.45. The molecule has 2 aromatic carbocycles. The van der Waals surface area contributed by atoms with Gasteiger partial charge in [0.15, 0.2) is 0 Å². The molecule has 146 valence electrons. The highest BCUT2D eigenvalue weighted by Crippen LogP contribution is 2.31. The van der Waals surface area contributed by atoms with Crippen molar-refractivity contribution in [1.29, 1.82) is 0 Å². The van der Waals surface area contributed by atoms with Crippen molar-refractivity contribution in [1.82, 2.24) is 4.90 Å². The van der Waals surface area contributed by atoms with Gasteiger partial charge in [-0.15, -0.1) is 0 Å². The van der Waals surface area contributed by atoms with Crippen molar-refractivity contribution in [2.24, 2.45) is 0 Å². The van der Waals surface area contributed by atoms with Gasteiger partial charge in [0.1, 0.15) is 23.0 Å². The fourth-order valence-corrected chi connectivity index (χ4v) is 4.28. The molecule has 2 aromatic rings. The lowest BCUT2D eigenvalue weighted by molar-refractivity contribution is 0.183. The van der Waals surface area contributed by atoms with Crippen LogP contribution < -0.4 is 8.92 Å². The minimum Gasteiger partial charge on any atom is -0.491 e. The summed E-state index contributed by atoms with van der Waals surface area (Å²) in [5.74, 6) is 0.801. The van der Waals surface area contributed by atoms with Crippen LogP contribution in [0.5, 0.6) is 11.5 Å². The minimum atomic E-state index is -3.88. The summed E-state index contributed by atoms with van der Waals surface area (Å²) in [4.78, 5) is 2.52. The highest BCUT2D eigenvalue weighted by atomic mass is 79.9. The summed E-state index contributed by atoms with van der Waals surface area (Å²) in [6, 6.07) is 11.5. The third-order valence-corrected chi connectivity index (χ3v) is 6.45.